The molecule has 0 aliphatic carbocycles. The minimum absolute atomic E-state index is 0.271. The van der Waals surface area contributed by atoms with Crippen LogP contribution in [0.15, 0.2) is 12.7 Å². The highest BCUT2D eigenvalue weighted by Crippen LogP contribution is 2.34. The van der Waals surface area contributed by atoms with Crippen molar-refractivity contribution in [3.63, 3.8) is 0 Å². The van der Waals surface area contributed by atoms with Gasteiger partial charge in [-0.05, 0) is 44.9 Å². The molecular formula is C36H68NO6+. The molecule has 0 aromatic carbocycles. The number of quaternary nitrogens is 1. The lowest BCUT2D eigenvalue weighted by Gasteiger charge is -2.50. The van der Waals surface area contributed by atoms with E-state index in [9.17, 15) is 29.7 Å². The van der Waals surface area contributed by atoms with E-state index in [2.05, 4.69) is 6.58 Å². The van der Waals surface area contributed by atoms with Crippen molar-refractivity contribution in [1.82, 2.24) is 0 Å². The van der Waals surface area contributed by atoms with Gasteiger partial charge < -0.3 is 15.3 Å². The third-order valence-electron chi connectivity index (χ3n) is 9.24. The van der Waals surface area contributed by atoms with E-state index in [4.69, 9.17) is 0 Å². The molecule has 0 spiro atoms. The Hall–Kier alpha value is -1.89. The van der Waals surface area contributed by atoms with Crippen molar-refractivity contribution in [2.75, 3.05) is 6.54 Å². The summed E-state index contributed by atoms with van der Waals surface area (Å²) in [5.74, 6) is -3.25. The fraction of sp³-hybridized carbons (Fsp3) is 0.861. The first-order valence-electron chi connectivity index (χ1n) is 17.9. The normalized spacial score (nSPS) is 15.0. The van der Waals surface area contributed by atoms with Crippen molar-refractivity contribution in [1.29, 1.82) is 0 Å². The number of carboxylic acids is 3. The maximum atomic E-state index is 12.6. The van der Waals surface area contributed by atoms with Gasteiger partial charge in [-0.15, -0.1) is 6.58 Å². The largest absolute Gasteiger partial charge is 0.477 e. The predicted molar refractivity (Wildman–Crippen MR) is 177 cm³/mol. The first-order chi connectivity index (χ1) is 20.7. The zero-order chi connectivity index (χ0) is 32.3. The first-order valence-corrected chi connectivity index (χ1v) is 17.9. The molecule has 3 atom stereocenters. The Kier molecular flexibility index (Phi) is 25.3. The third kappa shape index (κ3) is 16.7. The topological polar surface area (TPSA) is 112 Å². The summed E-state index contributed by atoms with van der Waals surface area (Å²) in [7, 11) is 0. The Labute approximate surface area is 264 Å². The van der Waals surface area contributed by atoms with Crippen molar-refractivity contribution >= 4 is 17.9 Å². The zero-order valence-electron chi connectivity index (χ0n) is 28.2. The second-order valence-electron chi connectivity index (χ2n) is 12.7. The van der Waals surface area contributed by atoms with E-state index in [0.29, 0.717) is 25.7 Å². The van der Waals surface area contributed by atoms with Crippen LogP contribution in [0.5, 0.6) is 0 Å². The quantitative estimate of drug-likeness (QED) is 0.0397. The average molecular weight is 611 g/mol. The number of nitrogens with zero attached hydrogens (tertiary/aromatic N) is 1. The summed E-state index contributed by atoms with van der Waals surface area (Å²) in [6.45, 7) is 9.70. The molecule has 0 heterocycles. The van der Waals surface area contributed by atoms with Gasteiger partial charge in [0.05, 0.1) is 6.54 Å². The number of carbonyl (C=O) groups is 3. The molecule has 252 valence electrons. The van der Waals surface area contributed by atoms with Crippen LogP contribution in [0.2, 0.25) is 0 Å². The van der Waals surface area contributed by atoms with Crippen LogP contribution in [0, 0.1) is 0 Å². The fourth-order valence-electron chi connectivity index (χ4n) is 6.97. The number of unbranched alkanes of at least 4 members (excludes halogenated alkanes) is 17. The summed E-state index contributed by atoms with van der Waals surface area (Å²) >= 11 is 0. The summed E-state index contributed by atoms with van der Waals surface area (Å²) < 4.78 is -0.370. The summed E-state index contributed by atoms with van der Waals surface area (Å²) in [5.41, 5.74) is 0. The Morgan fingerprint density at radius 3 is 1.00 bits per heavy atom. The van der Waals surface area contributed by atoms with Gasteiger partial charge in [-0.1, -0.05) is 117 Å². The number of hydrogen-bond acceptors (Lipinski definition) is 3. The highest BCUT2D eigenvalue weighted by molar-refractivity contribution is 5.78. The second kappa shape index (κ2) is 26.5. The SMILES string of the molecule is C=CCCCCCCCCCCCCCCCCCCC[N+](C(CCC)C(=O)O)(C(CCC)C(=O)O)C(CCC)C(=O)O. The smallest absolute Gasteiger partial charge is 0.362 e. The number of allylic oxidation sites excluding steroid dienone is 1. The highest BCUT2D eigenvalue weighted by atomic mass is 16.4. The monoisotopic (exact) mass is 611 g/mol. The maximum Gasteiger partial charge on any atom is 0.362 e. The molecule has 0 radical (unpaired) electrons. The molecule has 3 unspecified atom stereocenters. The van der Waals surface area contributed by atoms with Gasteiger partial charge in [0.15, 0.2) is 18.1 Å². The molecule has 0 amide bonds. The molecular weight excluding hydrogens is 542 g/mol. The molecule has 7 heteroatoms. The van der Waals surface area contributed by atoms with Crippen LogP contribution in [0.1, 0.15) is 175 Å². The predicted octanol–water partition coefficient (Wildman–Crippen LogP) is 9.77. The summed E-state index contributed by atoms with van der Waals surface area (Å²) in [4.78, 5) is 37.8. The Morgan fingerprint density at radius 1 is 0.512 bits per heavy atom. The summed E-state index contributed by atoms with van der Waals surface area (Å²) in [6, 6.07) is -3.13. The number of carboxylic acid groups (broad SMARTS) is 3. The first kappa shape index (κ1) is 41.1. The molecule has 3 N–H and O–H groups in total. The van der Waals surface area contributed by atoms with Gasteiger partial charge in [0.2, 0.25) is 0 Å². The van der Waals surface area contributed by atoms with Crippen molar-refractivity contribution in [2.45, 2.75) is 193 Å². The van der Waals surface area contributed by atoms with E-state index in [1.54, 1.807) is 0 Å². The summed E-state index contributed by atoms with van der Waals surface area (Å²) in [5, 5.41) is 30.9. The van der Waals surface area contributed by atoms with Gasteiger partial charge in [0, 0.05) is 19.3 Å². The second-order valence-corrected chi connectivity index (χ2v) is 12.7. The molecule has 43 heavy (non-hydrogen) atoms. The molecule has 0 saturated carbocycles. The molecule has 0 aromatic heterocycles. The lowest BCUT2D eigenvalue weighted by Crippen LogP contribution is -2.72. The molecule has 0 fully saturated rings. The van der Waals surface area contributed by atoms with Crippen LogP contribution in [0.4, 0.5) is 0 Å². The molecule has 7 nitrogen and oxygen atoms in total. The summed E-state index contributed by atoms with van der Waals surface area (Å²) in [6.07, 6.45) is 26.4. The molecule has 0 bridgehead atoms. The van der Waals surface area contributed by atoms with Crippen LogP contribution in [-0.4, -0.2) is 62.4 Å². The van der Waals surface area contributed by atoms with Crippen LogP contribution < -0.4 is 0 Å². The van der Waals surface area contributed by atoms with Gasteiger partial charge >= 0.3 is 17.9 Å². The maximum absolute atomic E-state index is 12.6. The lowest BCUT2D eigenvalue weighted by atomic mass is 9.91. The zero-order valence-corrected chi connectivity index (χ0v) is 28.2. The molecule has 0 aliphatic rings. The van der Waals surface area contributed by atoms with Gasteiger partial charge in [-0.3, -0.25) is 4.48 Å². The van der Waals surface area contributed by atoms with E-state index < -0.39 is 36.0 Å². The average Bonchev–Trinajstić information content (AvgIpc) is 2.97. The molecule has 0 aliphatic heterocycles. The van der Waals surface area contributed by atoms with E-state index >= 15 is 0 Å². The van der Waals surface area contributed by atoms with Crippen LogP contribution >= 0.6 is 0 Å². The van der Waals surface area contributed by atoms with Crippen molar-refractivity contribution < 1.29 is 34.2 Å². The van der Waals surface area contributed by atoms with Crippen molar-refractivity contribution in [3.05, 3.63) is 12.7 Å². The van der Waals surface area contributed by atoms with E-state index in [0.717, 1.165) is 25.7 Å². The van der Waals surface area contributed by atoms with E-state index in [-0.39, 0.29) is 30.3 Å². The van der Waals surface area contributed by atoms with Crippen LogP contribution in [0.25, 0.3) is 0 Å². The number of rotatable bonds is 32. The minimum atomic E-state index is -1.08. The Balaban J connectivity index is 4.77. The molecule has 0 aromatic rings. The minimum Gasteiger partial charge on any atom is -0.477 e. The molecule has 0 saturated heterocycles. The van der Waals surface area contributed by atoms with Crippen molar-refractivity contribution in [3.8, 4) is 0 Å². The van der Waals surface area contributed by atoms with E-state index in [1.165, 1.54) is 83.5 Å². The van der Waals surface area contributed by atoms with Crippen LogP contribution in [0.3, 0.4) is 0 Å². The van der Waals surface area contributed by atoms with Crippen LogP contribution in [-0.2, 0) is 14.4 Å². The van der Waals surface area contributed by atoms with Gasteiger partial charge in [-0.2, -0.15) is 0 Å². The number of aliphatic carboxylic acids is 3. The lowest BCUT2D eigenvalue weighted by molar-refractivity contribution is -0.973. The fourth-order valence-corrected chi connectivity index (χ4v) is 6.97. The van der Waals surface area contributed by atoms with E-state index in [1.807, 2.05) is 26.8 Å². The van der Waals surface area contributed by atoms with Gasteiger partial charge in [0.1, 0.15) is 0 Å². The number of hydrogen-bond donors (Lipinski definition) is 3. The Morgan fingerprint density at radius 2 is 0.767 bits per heavy atom. The Bertz CT molecular complexity index is 679. The van der Waals surface area contributed by atoms with Gasteiger partial charge in [-0.25, -0.2) is 14.4 Å². The van der Waals surface area contributed by atoms with Crippen molar-refractivity contribution in [2.24, 2.45) is 0 Å². The standard InChI is InChI=1S/C36H67NO6/c1-5-9-10-11-12-13-14-15-16-17-18-19-20-21-22-23-24-25-26-30-37(31(27-6-2)34(38)39,32(28-7-3)35(40)41)33(29-8-4)36(42)43/h5,31-33H,1,6-30H2,2-4H3,(H2-,38,39,40,41,42,43)/p+1. The third-order valence-corrected chi connectivity index (χ3v) is 9.24. The van der Waals surface area contributed by atoms with Gasteiger partial charge in [0.25, 0.3) is 0 Å². The highest BCUT2D eigenvalue weighted by Gasteiger charge is 2.56. The molecule has 0 rings (SSSR count).